The number of carbonyl (C=O) groups is 2. The summed E-state index contributed by atoms with van der Waals surface area (Å²) in [6.07, 6.45) is 1.63. The van der Waals surface area contributed by atoms with Crippen molar-refractivity contribution in [3.8, 4) is 6.07 Å². The number of esters is 2. The van der Waals surface area contributed by atoms with Gasteiger partial charge in [-0.3, -0.25) is 9.59 Å². The molecule has 2 unspecified atom stereocenters. The Morgan fingerprint density at radius 3 is 2.09 bits per heavy atom. The average molecular weight is 311 g/mol. The van der Waals surface area contributed by atoms with Gasteiger partial charge in [-0.1, -0.05) is 20.8 Å². The molecule has 0 saturated heterocycles. The van der Waals surface area contributed by atoms with Crippen molar-refractivity contribution in [2.45, 2.75) is 60.3 Å². The first-order chi connectivity index (χ1) is 10.3. The van der Waals surface area contributed by atoms with E-state index in [1.807, 2.05) is 20.8 Å². The van der Waals surface area contributed by atoms with Gasteiger partial charge in [-0.25, -0.2) is 0 Å². The Balaban J connectivity index is 5.17. The molecule has 0 aromatic heterocycles. The van der Waals surface area contributed by atoms with Gasteiger partial charge >= 0.3 is 11.9 Å². The van der Waals surface area contributed by atoms with Crippen LogP contribution in [0.15, 0.2) is 0 Å². The third kappa shape index (κ3) is 6.93. The second kappa shape index (κ2) is 10.2. The van der Waals surface area contributed by atoms with Gasteiger partial charge in [-0.2, -0.15) is 5.26 Å². The van der Waals surface area contributed by atoms with E-state index in [9.17, 15) is 14.9 Å². The van der Waals surface area contributed by atoms with E-state index in [1.165, 1.54) is 0 Å². The predicted octanol–water partition coefficient (Wildman–Crippen LogP) is 3.48. The molecule has 0 amide bonds. The summed E-state index contributed by atoms with van der Waals surface area (Å²) in [5.41, 5.74) is -0.613. The first kappa shape index (κ1) is 20.4. The lowest BCUT2D eigenvalue weighted by Crippen LogP contribution is -2.30. The van der Waals surface area contributed by atoms with Gasteiger partial charge in [-0.05, 0) is 39.0 Å². The molecule has 5 nitrogen and oxygen atoms in total. The summed E-state index contributed by atoms with van der Waals surface area (Å²) < 4.78 is 10.0. The normalized spacial score (nSPS) is 14.8. The van der Waals surface area contributed by atoms with E-state index < -0.39 is 23.3 Å². The Morgan fingerprint density at radius 1 is 1.09 bits per heavy atom. The van der Waals surface area contributed by atoms with Gasteiger partial charge in [0.05, 0.1) is 37.0 Å². The van der Waals surface area contributed by atoms with Gasteiger partial charge in [0.1, 0.15) is 0 Å². The maximum Gasteiger partial charge on any atom is 0.309 e. The molecule has 0 aliphatic carbocycles. The van der Waals surface area contributed by atoms with E-state index in [-0.39, 0.29) is 19.6 Å². The van der Waals surface area contributed by atoms with Crippen molar-refractivity contribution in [3.05, 3.63) is 0 Å². The highest BCUT2D eigenvalue weighted by molar-refractivity contribution is 5.80. The highest BCUT2D eigenvalue weighted by Crippen LogP contribution is 2.37. The summed E-state index contributed by atoms with van der Waals surface area (Å²) in [7, 11) is 0. The van der Waals surface area contributed by atoms with Crippen LogP contribution in [0.3, 0.4) is 0 Å². The van der Waals surface area contributed by atoms with E-state index in [0.717, 1.165) is 0 Å². The van der Waals surface area contributed by atoms with Crippen LogP contribution >= 0.6 is 0 Å². The van der Waals surface area contributed by atoms with Crippen LogP contribution in [0.2, 0.25) is 0 Å². The number of hydrogen-bond acceptors (Lipinski definition) is 5. The number of nitrogens with zero attached hydrogens (tertiary/aromatic N) is 1. The van der Waals surface area contributed by atoms with Gasteiger partial charge in [-0.15, -0.1) is 0 Å². The zero-order chi connectivity index (χ0) is 17.2. The van der Waals surface area contributed by atoms with Crippen LogP contribution in [0.1, 0.15) is 60.3 Å². The molecule has 0 aliphatic rings. The fourth-order valence-electron chi connectivity index (χ4n) is 2.72. The molecule has 2 atom stereocenters. The third-order valence-corrected chi connectivity index (χ3v) is 3.69. The predicted molar refractivity (Wildman–Crippen MR) is 83.8 cm³/mol. The second-order valence-corrected chi connectivity index (χ2v) is 6.01. The van der Waals surface area contributed by atoms with Crippen LogP contribution in [-0.2, 0) is 19.1 Å². The molecular weight excluding hydrogens is 282 g/mol. The minimum Gasteiger partial charge on any atom is -0.466 e. The van der Waals surface area contributed by atoms with Crippen molar-refractivity contribution in [3.63, 3.8) is 0 Å². The van der Waals surface area contributed by atoms with E-state index in [1.54, 1.807) is 13.8 Å². The van der Waals surface area contributed by atoms with E-state index in [2.05, 4.69) is 6.07 Å². The number of rotatable bonds is 10. The fraction of sp³-hybridized carbons (Fsp3) is 0.824. The first-order valence-electron chi connectivity index (χ1n) is 8.07. The largest absolute Gasteiger partial charge is 0.466 e. The average Bonchev–Trinajstić information content (AvgIpc) is 2.45. The number of carbonyl (C=O) groups excluding carboxylic acids is 2. The van der Waals surface area contributed by atoms with Crippen LogP contribution in [0.5, 0.6) is 0 Å². The van der Waals surface area contributed by atoms with Gasteiger partial charge in [0.2, 0.25) is 0 Å². The molecule has 0 aromatic carbocycles. The first-order valence-corrected chi connectivity index (χ1v) is 8.07. The van der Waals surface area contributed by atoms with Gasteiger partial charge < -0.3 is 9.47 Å². The van der Waals surface area contributed by atoms with Crippen molar-refractivity contribution in [1.29, 1.82) is 5.26 Å². The zero-order valence-electron chi connectivity index (χ0n) is 14.5. The van der Waals surface area contributed by atoms with Crippen LogP contribution < -0.4 is 0 Å². The van der Waals surface area contributed by atoms with Crippen molar-refractivity contribution < 1.29 is 19.1 Å². The summed E-state index contributed by atoms with van der Waals surface area (Å²) in [5.74, 6) is -1.14. The van der Waals surface area contributed by atoms with Crippen molar-refractivity contribution >= 4 is 11.9 Å². The molecule has 22 heavy (non-hydrogen) atoms. The summed E-state index contributed by atoms with van der Waals surface area (Å²) in [5, 5.41) is 9.61. The van der Waals surface area contributed by atoms with Gasteiger partial charge in [0, 0.05) is 0 Å². The van der Waals surface area contributed by atoms with Crippen LogP contribution in [0.4, 0.5) is 0 Å². The molecule has 0 heterocycles. The Labute approximate surface area is 134 Å². The minimum absolute atomic E-state index is 0.0335. The monoisotopic (exact) mass is 311 g/mol. The number of ether oxygens (including phenoxy) is 2. The molecule has 0 aromatic rings. The van der Waals surface area contributed by atoms with Gasteiger partial charge in [0.15, 0.2) is 0 Å². The lowest BCUT2D eigenvalue weighted by Gasteiger charge is -2.30. The molecule has 0 fully saturated rings. The lowest BCUT2D eigenvalue weighted by molar-refractivity contribution is -0.155. The molecule has 0 rings (SSSR count). The molecule has 126 valence electrons. The van der Waals surface area contributed by atoms with E-state index in [0.29, 0.717) is 25.2 Å². The Morgan fingerprint density at radius 2 is 1.68 bits per heavy atom. The van der Waals surface area contributed by atoms with E-state index >= 15 is 0 Å². The number of nitriles is 1. The van der Waals surface area contributed by atoms with Gasteiger partial charge in [0.25, 0.3) is 0 Å². The SMILES string of the molecule is CCOC(=O)CC(CC(C#N)(CC)CC(C)C)C(=O)OCC. The Bertz CT molecular complexity index is 400. The second-order valence-electron chi connectivity index (χ2n) is 6.01. The highest BCUT2D eigenvalue weighted by atomic mass is 16.5. The van der Waals surface area contributed by atoms with Crippen molar-refractivity contribution in [2.24, 2.45) is 17.3 Å². The smallest absolute Gasteiger partial charge is 0.309 e. The molecule has 0 aliphatic heterocycles. The van der Waals surface area contributed by atoms with Crippen LogP contribution in [0, 0.1) is 28.6 Å². The highest BCUT2D eigenvalue weighted by Gasteiger charge is 2.37. The molecular formula is C17H29NO4. The third-order valence-electron chi connectivity index (χ3n) is 3.69. The lowest BCUT2D eigenvalue weighted by atomic mass is 9.72. The Kier molecular flexibility index (Phi) is 9.48. The fourth-order valence-corrected chi connectivity index (χ4v) is 2.72. The summed E-state index contributed by atoms with van der Waals surface area (Å²) >= 11 is 0. The molecule has 0 N–H and O–H groups in total. The summed E-state index contributed by atoms with van der Waals surface area (Å²) in [6.45, 7) is 10.0. The van der Waals surface area contributed by atoms with Crippen LogP contribution in [0.25, 0.3) is 0 Å². The Hall–Kier alpha value is -1.57. The number of hydrogen-bond donors (Lipinski definition) is 0. The maximum absolute atomic E-state index is 12.1. The summed E-state index contributed by atoms with van der Waals surface area (Å²) in [6, 6.07) is 2.37. The van der Waals surface area contributed by atoms with E-state index in [4.69, 9.17) is 9.47 Å². The summed E-state index contributed by atoms with van der Waals surface area (Å²) in [4.78, 5) is 23.9. The minimum atomic E-state index is -0.627. The van der Waals surface area contributed by atoms with Crippen molar-refractivity contribution in [2.75, 3.05) is 13.2 Å². The topological polar surface area (TPSA) is 76.4 Å². The molecule has 0 bridgehead atoms. The van der Waals surface area contributed by atoms with Crippen LogP contribution in [-0.4, -0.2) is 25.2 Å². The standard InChI is InChI=1S/C17H29NO4/c1-6-17(12-18,10-13(4)5)11-14(16(20)22-8-3)9-15(19)21-7-2/h13-14H,6-11H2,1-5H3. The molecule has 0 radical (unpaired) electrons. The molecule has 0 spiro atoms. The maximum atomic E-state index is 12.1. The quantitative estimate of drug-likeness (QED) is 0.577. The zero-order valence-corrected chi connectivity index (χ0v) is 14.5. The molecule has 5 heteroatoms. The molecule has 0 saturated carbocycles. The van der Waals surface area contributed by atoms with Crippen molar-refractivity contribution in [1.82, 2.24) is 0 Å².